The van der Waals surface area contributed by atoms with E-state index >= 15 is 0 Å². The van der Waals surface area contributed by atoms with Crippen LogP contribution in [0.4, 0.5) is 4.79 Å². The van der Waals surface area contributed by atoms with Crippen LogP contribution in [0.15, 0.2) is 59.6 Å². The fourth-order valence-electron chi connectivity index (χ4n) is 4.85. The largest absolute Gasteiger partial charge is 0.445 e. The standard InChI is InChI=1S/C34H50ClN7O6/c1-22(2)19-27(29(43)20-30(44)38-18-16-24-12-14-26(35)15-13-24)41-31(45)23(3)40-32(46)28(11-8-17-39-33(36)37)42(4)34(47)48-21-25-9-6-5-7-10-25/h5-7,9-10,12-15,22-23,27-29,43H,8,11,16-21H2,1-4H3,(H,38,44)(H,40,46)(H,41,45)(H4,36,37,39)/t23-,27+,28-,29+/m0/s1. The van der Waals surface area contributed by atoms with Crippen LogP contribution >= 0.6 is 11.6 Å². The number of hydrogen-bond acceptors (Lipinski definition) is 7. The zero-order valence-corrected chi connectivity index (χ0v) is 28.9. The Morgan fingerprint density at radius 3 is 2.25 bits per heavy atom. The summed E-state index contributed by atoms with van der Waals surface area (Å²) in [5.74, 6) is -1.49. The molecule has 0 aromatic heterocycles. The molecule has 13 nitrogen and oxygen atoms in total. The minimum absolute atomic E-state index is 0.0189. The number of carbonyl (C=O) groups is 4. The highest BCUT2D eigenvalue weighted by Crippen LogP contribution is 2.14. The van der Waals surface area contributed by atoms with Crippen LogP contribution in [-0.4, -0.2) is 84.1 Å². The number of likely N-dealkylation sites (N-methyl/N-ethyl adjacent to an activating group) is 1. The van der Waals surface area contributed by atoms with Gasteiger partial charge in [0.15, 0.2) is 5.96 Å². The molecule has 14 heteroatoms. The van der Waals surface area contributed by atoms with Gasteiger partial charge < -0.3 is 37.3 Å². The summed E-state index contributed by atoms with van der Waals surface area (Å²) in [5, 5.41) is 19.8. The summed E-state index contributed by atoms with van der Waals surface area (Å²) < 4.78 is 5.41. The third-order valence-electron chi connectivity index (χ3n) is 7.51. The average Bonchev–Trinajstić information content (AvgIpc) is 3.03. The number of nitrogens with one attached hydrogen (secondary N) is 3. The van der Waals surface area contributed by atoms with Crippen LogP contribution in [0.2, 0.25) is 5.02 Å². The molecule has 264 valence electrons. The van der Waals surface area contributed by atoms with Crippen molar-refractivity contribution in [3.63, 3.8) is 0 Å². The van der Waals surface area contributed by atoms with Gasteiger partial charge in [0.1, 0.15) is 18.7 Å². The second-order valence-corrected chi connectivity index (χ2v) is 12.5. The quantitative estimate of drug-likeness (QED) is 0.0734. The Morgan fingerprint density at radius 2 is 1.62 bits per heavy atom. The van der Waals surface area contributed by atoms with Gasteiger partial charge in [-0.2, -0.15) is 0 Å². The zero-order valence-electron chi connectivity index (χ0n) is 28.2. The van der Waals surface area contributed by atoms with Crippen LogP contribution in [0.1, 0.15) is 57.6 Å². The average molecular weight is 688 g/mol. The number of rotatable bonds is 19. The first-order valence-corrected chi connectivity index (χ1v) is 16.4. The molecule has 0 fully saturated rings. The summed E-state index contributed by atoms with van der Waals surface area (Å²) in [6.07, 6.45) is -0.542. The van der Waals surface area contributed by atoms with Crippen molar-refractivity contribution in [3.05, 3.63) is 70.7 Å². The zero-order chi connectivity index (χ0) is 35.6. The monoisotopic (exact) mass is 687 g/mol. The highest BCUT2D eigenvalue weighted by atomic mass is 35.5. The number of aliphatic imine (C=N–C) groups is 1. The van der Waals surface area contributed by atoms with Crippen LogP contribution < -0.4 is 27.4 Å². The Morgan fingerprint density at radius 1 is 0.958 bits per heavy atom. The van der Waals surface area contributed by atoms with Crippen LogP contribution in [0.3, 0.4) is 0 Å². The van der Waals surface area contributed by atoms with Gasteiger partial charge in [0.2, 0.25) is 17.7 Å². The number of halogens is 1. The van der Waals surface area contributed by atoms with Crippen molar-refractivity contribution in [1.82, 2.24) is 20.9 Å². The van der Waals surface area contributed by atoms with E-state index in [-0.39, 0.29) is 43.8 Å². The molecule has 4 atom stereocenters. The fourth-order valence-corrected chi connectivity index (χ4v) is 4.97. The SMILES string of the molecule is CC(C)C[C@@H](NC(=O)[C@H](C)NC(=O)[C@H](CCCN=C(N)N)N(C)C(=O)OCc1ccccc1)[C@H](O)CC(=O)NCCc1ccc(Cl)cc1. The number of amides is 4. The van der Waals surface area contributed by atoms with Gasteiger partial charge in [-0.3, -0.25) is 24.3 Å². The minimum Gasteiger partial charge on any atom is -0.445 e. The molecule has 0 saturated heterocycles. The summed E-state index contributed by atoms with van der Waals surface area (Å²) in [6, 6.07) is 13.7. The lowest BCUT2D eigenvalue weighted by Gasteiger charge is -2.29. The maximum Gasteiger partial charge on any atom is 0.410 e. The molecule has 2 aromatic rings. The minimum atomic E-state index is -1.16. The second kappa shape index (κ2) is 20.8. The molecule has 0 heterocycles. The molecular formula is C34H50ClN7O6. The van der Waals surface area contributed by atoms with E-state index in [2.05, 4.69) is 20.9 Å². The van der Waals surface area contributed by atoms with Gasteiger partial charge in [-0.1, -0.05) is 67.9 Å². The smallest absolute Gasteiger partial charge is 0.410 e. The van der Waals surface area contributed by atoms with Crippen LogP contribution in [0.5, 0.6) is 0 Å². The molecule has 0 aliphatic carbocycles. The topological polar surface area (TPSA) is 201 Å². The number of nitrogens with zero attached hydrogens (tertiary/aromatic N) is 2. The molecule has 2 rings (SSSR count). The van der Waals surface area contributed by atoms with E-state index in [4.69, 9.17) is 27.8 Å². The number of ether oxygens (including phenoxy) is 1. The molecule has 0 aliphatic heterocycles. The van der Waals surface area contributed by atoms with E-state index in [9.17, 15) is 24.3 Å². The molecule has 2 aromatic carbocycles. The molecule has 0 aliphatic rings. The number of nitrogens with two attached hydrogens (primary N) is 2. The van der Waals surface area contributed by atoms with E-state index in [0.29, 0.717) is 30.8 Å². The predicted octanol–water partition coefficient (Wildman–Crippen LogP) is 2.48. The van der Waals surface area contributed by atoms with Gasteiger partial charge in [0.25, 0.3) is 0 Å². The van der Waals surface area contributed by atoms with Gasteiger partial charge in [0, 0.05) is 25.2 Å². The molecule has 0 spiro atoms. The maximum absolute atomic E-state index is 13.4. The summed E-state index contributed by atoms with van der Waals surface area (Å²) in [4.78, 5) is 57.3. The van der Waals surface area contributed by atoms with Crippen molar-refractivity contribution in [1.29, 1.82) is 0 Å². The van der Waals surface area contributed by atoms with Crippen molar-refractivity contribution in [2.24, 2.45) is 22.4 Å². The lowest BCUT2D eigenvalue weighted by molar-refractivity contribution is -0.132. The van der Waals surface area contributed by atoms with Crippen LogP contribution in [0, 0.1) is 5.92 Å². The van der Waals surface area contributed by atoms with Crippen molar-refractivity contribution >= 4 is 41.4 Å². The summed E-state index contributed by atoms with van der Waals surface area (Å²) >= 11 is 5.92. The Bertz CT molecular complexity index is 1340. The summed E-state index contributed by atoms with van der Waals surface area (Å²) in [5.41, 5.74) is 12.6. The molecule has 4 amide bonds. The normalized spacial score (nSPS) is 13.4. The molecule has 8 N–H and O–H groups in total. The Labute approximate surface area is 287 Å². The van der Waals surface area contributed by atoms with Crippen LogP contribution in [-0.2, 0) is 32.1 Å². The molecular weight excluding hydrogens is 638 g/mol. The highest BCUT2D eigenvalue weighted by molar-refractivity contribution is 6.30. The van der Waals surface area contributed by atoms with Gasteiger partial charge in [-0.05, 0) is 61.8 Å². The third kappa shape index (κ3) is 15.0. The van der Waals surface area contributed by atoms with Gasteiger partial charge >= 0.3 is 6.09 Å². The van der Waals surface area contributed by atoms with Gasteiger partial charge in [-0.25, -0.2) is 4.79 Å². The number of hydrogen-bond donors (Lipinski definition) is 6. The second-order valence-electron chi connectivity index (χ2n) is 12.1. The highest BCUT2D eigenvalue weighted by Gasteiger charge is 2.31. The van der Waals surface area contributed by atoms with Crippen LogP contribution in [0.25, 0.3) is 0 Å². The third-order valence-corrected chi connectivity index (χ3v) is 7.76. The predicted molar refractivity (Wildman–Crippen MR) is 186 cm³/mol. The number of aliphatic hydroxyl groups excluding tert-OH is 1. The lowest BCUT2D eigenvalue weighted by atomic mass is 9.96. The Hall–Kier alpha value is -4.36. The van der Waals surface area contributed by atoms with E-state index in [1.807, 2.05) is 56.3 Å². The number of carbonyl (C=O) groups excluding carboxylic acids is 4. The first kappa shape index (κ1) is 39.8. The Balaban J connectivity index is 2.00. The summed E-state index contributed by atoms with van der Waals surface area (Å²) in [6.45, 7) is 5.99. The molecule has 0 bridgehead atoms. The Kier molecular flexibility index (Phi) is 17.2. The van der Waals surface area contributed by atoms with Crippen molar-refractivity contribution in [2.45, 2.75) is 83.7 Å². The fraction of sp³-hybridized carbons (Fsp3) is 0.500. The summed E-state index contributed by atoms with van der Waals surface area (Å²) in [7, 11) is 1.44. The van der Waals surface area contributed by atoms with E-state index < -0.39 is 42.1 Å². The first-order valence-electron chi connectivity index (χ1n) is 16.1. The lowest BCUT2D eigenvalue weighted by Crippen LogP contribution is -2.56. The molecule has 0 unspecified atom stereocenters. The van der Waals surface area contributed by atoms with Gasteiger partial charge in [0.05, 0.1) is 18.6 Å². The number of benzene rings is 2. The molecule has 0 saturated carbocycles. The molecule has 0 radical (unpaired) electrons. The molecule has 48 heavy (non-hydrogen) atoms. The van der Waals surface area contributed by atoms with E-state index in [1.54, 1.807) is 12.1 Å². The maximum atomic E-state index is 13.4. The van der Waals surface area contributed by atoms with Crippen molar-refractivity contribution in [2.75, 3.05) is 20.1 Å². The van der Waals surface area contributed by atoms with Crippen molar-refractivity contribution in [3.8, 4) is 0 Å². The first-order chi connectivity index (χ1) is 22.8. The van der Waals surface area contributed by atoms with Crippen molar-refractivity contribution < 1.29 is 29.0 Å². The van der Waals surface area contributed by atoms with Gasteiger partial charge in [-0.15, -0.1) is 0 Å². The van der Waals surface area contributed by atoms with E-state index in [0.717, 1.165) is 11.1 Å². The van der Waals surface area contributed by atoms with E-state index in [1.165, 1.54) is 18.9 Å². The number of guanidine groups is 1. The number of aliphatic hydroxyl groups is 1.